The van der Waals surface area contributed by atoms with E-state index in [0.29, 0.717) is 11.8 Å². The van der Waals surface area contributed by atoms with Crippen molar-refractivity contribution >= 4 is 0 Å². The number of nitrogens with zero attached hydrogens (tertiary/aromatic N) is 2. The molecular formula is C13H23N3O. The number of hydrogen-bond donors (Lipinski definition) is 1. The Kier molecular flexibility index (Phi) is 3.52. The molecule has 17 heavy (non-hydrogen) atoms. The molecule has 0 saturated heterocycles. The molecule has 0 unspecified atom stereocenters. The van der Waals surface area contributed by atoms with Gasteiger partial charge in [-0.25, -0.2) is 0 Å². The van der Waals surface area contributed by atoms with E-state index in [4.69, 9.17) is 10.3 Å². The minimum atomic E-state index is -0.380. The molecule has 1 aromatic heterocycles. The lowest BCUT2D eigenvalue weighted by Crippen LogP contribution is -2.40. The molecule has 1 aliphatic carbocycles. The minimum Gasteiger partial charge on any atom is -0.337 e. The van der Waals surface area contributed by atoms with E-state index in [1.165, 1.54) is 0 Å². The van der Waals surface area contributed by atoms with Crippen LogP contribution in [0.1, 0.15) is 58.2 Å². The molecule has 1 saturated carbocycles. The van der Waals surface area contributed by atoms with E-state index in [1.807, 2.05) is 0 Å². The van der Waals surface area contributed by atoms with Gasteiger partial charge < -0.3 is 10.3 Å². The Balaban J connectivity index is 2.08. The highest BCUT2D eigenvalue weighted by Gasteiger charge is 2.37. The van der Waals surface area contributed by atoms with Crippen molar-refractivity contribution in [2.75, 3.05) is 0 Å². The summed E-state index contributed by atoms with van der Waals surface area (Å²) in [6.07, 6.45) is 5.07. The fourth-order valence-electron chi connectivity index (χ4n) is 2.40. The summed E-state index contributed by atoms with van der Waals surface area (Å²) in [5, 5.41) is 4.03. The standard InChI is InChI=1S/C13H23N3O/c1-9(2)8-11-15-12(17-16-11)13(14)6-4-10(3)5-7-13/h9-10H,4-8,14H2,1-3H3. The number of nitrogens with two attached hydrogens (primary N) is 1. The van der Waals surface area contributed by atoms with Crippen molar-refractivity contribution in [3.63, 3.8) is 0 Å². The highest BCUT2D eigenvalue weighted by atomic mass is 16.5. The van der Waals surface area contributed by atoms with Gasteiger partial charge in [0.1, 0.15) is 0 Å². The maximum Gasteiger partial charge on any atom is 0.246 e. The molecule has 2 rings (SSSR count). The van der Waals surface area contributed by atoms with Crippen molar-refractivity contribution in [1.29, 1.82) is 0 Å². The first-order valence-corrected chi connectivity index (χ1v) is 6.61. The first-order valence-electron chi connectivity index (χ1n) is 6.61. The van der Waals surface area contributed by atoms with Gasteiger partial charge in [0.2, 0.25) is 5.89 Å². The minimum absolute atomic E-state index is 0.380. The largest absolute Gasteiger partial charge is 0.337 e. The molecule has 1 fully saturated rings. The predicted molar refractivity (Wildman–Crippen MR) is 66.3 cm³/mol. The molecule has 0 aliphatic heterocycles. The normalized spacial score (nSPS) is 29.8. The van der Waals surface area contributed by atoms with Crippen LogP contribution in [-0.4, -0.2) is 10.1 Å². The Morgan fingerprint density at radius 2 is 2.06 bits per heavy atom. The molecule has 4 nitrogen and oxygen atoms in total. The summed E-state index contributed by atoms with van der Waals surface area (Å²) in [5.74, 6) is 2.74. The summed E-state index contributed by atoms with van der Waals surface area (Å²) < 4.78 is 5.36. The number of rotatable bonds is 3. The van der Waals surface area contributed by atoms with Crippen LogP contribution < -0.4 is 5.73 Å². The van der Waals surface area contributed by atoms with Crippen molar-refractivity contribution in [3.8, 4) is 0 Å². The molecule has 1 aliphatic rings. The van der Waals surface area contributed by atoms with E-state index in [-0.39, 0.29) is 5.54 Å². The monoisotopic (exact) mass is 237 g/mol. The topological polar surface area (TPSA) is 64.9 Å². The summed E-state index contributed by atoms with van der Waals surface area (Å²) in [4.78, 5) is 4.47. The lowest BCUT2D eigenvalue weighted by Gasteiger charge is -2.32. The van der Waals surface area contributed by atoms with E-state index in [0.717, 1.165) is 43.8 Å². The van der Waals surface area contributed by atoms with Crippen LogP contribution in [0.3, 0.4) is 0 Å². The molecule has 0 amide bonds. The predicted octanol–water partition coefficient (Wildman–Crippen LogP) is 2.63. The zero-order chi connectivity index (χ0) is 12.5. The van der Waals surface area contributed by atoms with E-state index >= 15 is 0 Å². The highest BCUT2D eigenvalue weighted by Crippen LogP contribution is 2.36. The first kappa shape index (κ1) is 12.6. The summed E-state index contributed by atoms with van der Waals surface area (Å²) in [6, 6.07) is 0. The summed E-state index contributed by atoms with van der Waals surface area (Å²) in [6.45, 7) is 6.57. The third-order valence-corrected chi connectivity index (χ3v) is 3.65. The molecule has 2 N–H and O–H groups in total. The maximum absolute atomic E-state index is 6.39. The second kappa shape index (κ2) is 4.77. The van der Waals surface area contributed by atoms with Gasteiger partial charge in [0.25, 0.3) is 0 Å². The van der Waals surface area contributed by atoms with Gasteiger partial charge in [-0.2, -0.15) is 4.98 Å². The second-order valence-corrected chi connectivity index (χ2v) is 5.95. The number of hydrogen-bond acceptors (Lipinski definition) is 4. The second-order valence-electron chi connectivity index (χ2n) is 5.95. The van der Waals surface area contributed by atoms with Crippen LogP contribution in [0.4, 0.5) is 0 Å². The van der Waals surface area contributed by atoms with E-state index < -0.39 is 0 Å². The Bertz CT molecular complexity index is 364. The smallest absolute Gasteiger partial charge is 0.246 e. The van der Waals surface area contributed by atoms with E-state index in [1.54, 1.807) is 0 Å². The quantitative estimate of drug-likeness (QED) is 0.877. The van der Waals surface area contributed by atoms with Gasteiger partial charge in [0.15, 0.2) is 5.82 Å². The third-order valence-electron chi connectivity index (χ3n) is 3.65. The van der Waals surface area contributed by atoms with Crippen LogP contribution in [0.2, 0.25) is 0 Å². The van der Waals surface area contributed by atoms with Crippen molar-refractivity contribution in [2.45, 2.75) is 58.4 Å². The van der Waals surface area contributed by atoms with Crippen LogP contribution in [0.25, 0.3) is 0 Å². The first-order chi connectivity index (χ1) is 7.99. The Labute approximate surface area is 103 Å². The van der Waals surface area contributed by atoms with E-state index in [2.05, 4.69) is 30.9 Å². The van der Waals surface area contributed by atoms with Crippen molar-refractivity contribution in [2.24, 2.45) is 17.6 Å². The van der Waals surface area contributed by atoms with Gasteiger partial charge >= 0.3 is 0 Å². The van der Waals surface area contributed by atoms with Gasteiger partial charge in [0, 0.05) is 6.42 Å². The molecule has 0 spiro atoms. The van der Waals surface area contributed by atoms with Crippen LogP contribution in [0, 0.1) is 11.8 Å². The number of aromatic nitrogens is 2. The maximum atomic E-state index is 6.39. The van der Waals surface area contributed by atoms with Gasteiger partial charge in [0.05, 0.1) is 5.54 Å². The summed E-state index contributed by atoms with van der Waals surface area (Å²) in [7, 11) is 0. The lowest BCUT2D eigenvalue weighted by molar-refractivity contribution is 0.190. The van der Waals surface area contributed by atoms with Gasteiger partial charge in [-0.15, -0.1) is 0 Å². The molecular weight excluding hydrogens is 214 g/mol. The molecule has 0 radical (unpaired) electrons. The molecule has 1 heterocycles. The summed E-state index contributed by atoms with van der Waals surface area (Å²) in [5.41, 5.74) is 6.01. The lowest BCUT2D eigenvalue weighted by atomic mass is 9.78. The zero-order valence-electron chi connectivity index (χ0n) is 11.1. The van der Waals surface area contributed by atoms with Crippen molar-refractivity contribution in [3.05, 3.63) is 11.7 Å². The SMILES string of the molecule is CC(C)Cc1noc(C2(N)CCC(C)CC2)n1. The molecule has 1 aromatic rings. The van der Waals surface area contributed by atoms with E-state index in [9.17, 15) is 0 Å². The van der Waals surface area contributed by atoms with Crippen LogP contribution in [-0.2, 0) is 12.0 Å². The van der Waals surface area contributed by atoms with Crippen molar-refractivity contribution in [1.82, 2.24) is 10.1 Å². The fraction of sp³-hybridized carbons (Fsp3) is 0.846. The Morgan fingerprint density at radius 3 is 2.65 bits per heavy atom. The van der Waals surface area contributed by atoms with Gasteiger partial charge in [-0.3, -0.25) is 0 Å². The van der Waals surface area contributed by atoms with Gasteiger partial charge in [-0.1, -0.05) is 25.9 Å². The average Bonchev–Trinajstić information content (AvgIpc) is 2.71. The van der Waals surface area contributed by atoms with Gasteiger partial charge in [-0.05, 0) is 37.5 Å². The van der Waals surface area contributed by atoms with Crippen LogP contribution in [0.5, 0.6) is 0 Å². The van der Waals surface area contributed by atoms with Crippen LogP contribution >= 0.6 is 0 Å². The van der Waals surface area contributed by atoms with Crippen molar-refractivity contribution < 1.29 is 4.52 Å². The Hall–Kier alpha value is -0.900. The molecule has 0 bridgehead atoms. The molecule has 0 atom stereocenters. The molecule has 96 valence electrons. The molecule has 0 aromatic carbocycles. The van der Waals surface area contributed by atoms with Crippen LogP contribution in [0.15, 0.2) is 4.52 Å². The fourth-order valence-corrected chi connectivity index (χ4v) is 2.40. The highest BCUT2D eigenvalue weighted by molar-refractivity contribution is 5.04. The molecule has 4 heteroatoms. The third kappa shape index (κ3) is 2.86. The average molecular weight is 237 g/mol. The Morgan fingerprint density at radius 1 is 1.41 bits per heavy atom. The summed E-state index contributed by atoms with van der Waals surface area (Å²) >= 11 is 0. The zero-order valence-corrected chi connectivity index (χ0v) is 11.1.